The molecule has 0 heterocycles. The number of carbonyl (C=O) groups excluding carboxylic acids is 1. The average molecular weight is 425 g/mol. The largest absolute Gasteiger partial charge is 0.491 e. The van der Waals surface area contributed by atoms with E-state index < -0.39 is 15.9 Å². The molecule has 2 aromatic rings. The highest BCUT2D eigenvalue weighted by atomic mass is 35.5. The predicted molar refractivity (Wildman–Crippen MR) is 113 cm³/mol. The van der Waals surface area contributed by atoms with E-state index in [-0.39, 0.29) is 19.7 Å². The number of nitrogens with one attached hydrogen (secondary N) is 1. The second-order valence-corrected chi connectivity index (χ2v) is 8.93. The highest BCUT2D eigenvalue weighted by Gasteiger charge is 2.22. The number of anilines is 1. The number of hydrogen-bond donors (Lipinski definition) is 1. The molecule has 0 spiro atoms. The lowest BCUT2D eigenvalue weighted by Crippen LogP contribution is -2.41. The van der Waals surface area contributed by atoms with Crippen LogP contribution in [0.3, 0.4) is 0 Å². The summed E-state index contributed by atoms with van der Waals surface area (Å²) in [5, 5.41) is 3.13. The molecule has 152 valence electrons. The van der Waals surface area contributed by atoms with E-state index in [1.165, 1.54) is 0 Å². The Kier molecular flexibility index (Phi) is 7.32. The monoisotopic (exact) mass is 424 g/mol. The quantitative estimate of drug-likeness (QED) is 0.660. The minimum Gasteiger partial charge on any atom is -0.491 e. The third-order valence-corrected chi connectivity index (χ3v) is 5.74. The highest BCUT2D eigenvalue weighted by Crippen LogP contribution is 2.28. The fraction of sp³-hybridized carbons (Fsp3) is 0.350. The van der Waals surface area contributed by atoms with Gasteiger partial charge in [-0.3, -0.25) is 9.10 Å². The molecule has 0 saturated heterocycles. The summed E-state index contributed by atoms with van der Waals surface area (Å²) in [6.07, 6.45) is 1.06. The number of rotatable bonds is 8. The lowest BCUT2D eigenvalue weighted by Gasteiger charge is -2.24. The molecule has 0 aromatic heterocycles. The zero-order chi connectivity index (χ0) is 20.9. The first-order valence-electron chi connectivity index (χ1n) is 8.79. The van der Waals surface area contributed by atoms with E-state index in [4.69, 9.17) is 16.3 Å². The minimum atomic E-state index is -3.65. The van der Waals surface area contributed by atoms with Gasteiger partial charge in [0.15, 0.2) is 0 Å². The number of sulfonamides is 1. The summed E-state index contributed by atoms with van der Waals surface area (Å²) in [5.41, 5.74) is 3.15. The molecule has 2 aromatic carbocycles. The van der Waals surface area contributed by atoms with Crippen molar-refractivity contribution in [2.75, 3.05) is 30.3 Å². The van der Waals surface area contributed by atoms with Crippen molar-refractivity contribution >= 4 is 33.2 Å². The van der Waals surface area contributed by atoms with Gasteiger partial charge in [-0.15, -0.1) is 0 Å². The van der Waals surface area contributed by atoms with Crippen LogP contribution in [0.5, 0.6) is 5.75 Å². The Morgan fingerprint density at radius 2 is 1.89 bits per heavy atom. The third-order valence-electron chi connectivity index (χ3n) is 4.21. The molecule has 0 unspecified atom stereocenters. The molecule has 1 amide bonds. The van der Waals surface area contributed by atoms with Crippen LogP contribution in [0.4, 0.5) is 5.69 Å². The summed E-state index contributed by atoms with van der Waals surface area (Å²) in [6, 6.07) is 10.8. The normalized spacial score (nSPS) is 11.2. The van der Waals surface area contributed by atoms with Crippen molar-refractivity contribution in [1.29, 1.82) is 0 Å². The average Bonchev–Trinajstić information content (AvgIpc) is 2.60. The van der Waals surface area contributed by atoms with Gasteiger partial charge in [-0.25, -0.2) is 8.42 Å². The fourth-order valence-corrected chi connectivity index (χ4v) is 3.82. The van der Waals surface area contributed by atoms with Crippen molar-refractivity contribution in [3.8, 4) is 5.75 Å². The fourth-order valence-electron chi connectivity index (χ4n) is 2.75. The van der Waals surface area contributed by atoms with E-state index in [1.54, 1.807) is 25.1 Å². The van der Waals surface area contributed by atoms with Gasteiger partial charge in [0.05, 0.1) is 18.5 Å². The van der Waals surface area contributed by atoms with Gasteiger partial charge in [-0.1, -0.05) is 35.4 Å². The maximum Gasteiger partial charge on any atom is 0.240 e. The summed E-state index contributed by atoms with van der Waals surface area (Å²) in [4.78, 5) is 12.3. The number of benzene rings is 2. The molecule has 0 radical (unpaired) electrons. The number of aryl methyl sites for hydroxylation is 2. The molecule has 2 rings (SSSR count). The van der Waals surface area contributed by atoms with Crippen LogP contribution in [-0.2, 0) is 14.8 Å². The first-order valence-corrected chi connectivity index (χ1v) is 11.0. The van der Waals surface area contributed by atoms with Crippen molar-refractivity contribution in [1.82, 2.24) is 5.32 Å². The topological polar surface area (TPSA) is 75.7 Å². The van der Waals surface area contributed by atoms with Gasteiger partial charge in [0.25, 0.3) is 0 Å². The number of halogens is 1. The Balaban J connectivity index is 1.96. The molecule has 28 heavy (non-hydrogen) atoms. The molecular weight excluding hydrogens is 400 g/mol. The van der Waals surface area contributed by atoms with Crippen molar-refractivity contribution in [3.63, 3.8) is 0 Å². The van der Waals surface area contributed by atoms with E-state index in [2.05, 4.69) is 5.32 Å². The molecule has 0 atom stereocenters. The highest BCUT2D eigenvalue weighted by molar-refractivity contribution is 7.92. The second-order valence-electron chi connectivity index (χ2n) is 6.62. The van der Waals surface area contributed by atoms with Crippen molar-refractivity contribution in [2.24, 2.45) is 0 Å². The number of amides is 1. The third kappa shape index (κ3) is 5.87. The Morgan fingerprint density at radius 1 is 1.18 bits per heavy atom. The molecular formula is C20H25ClN2O4S. The lowest BCUT2D eigenvalue weighted by molar-refractivity contribution is -0.119. The maximum atomic E-state index is 12.3. The Morgan fingerprint density at radius 3 is 2.54 bits per heavy atom. The predicted octanol–water partition coefficient (Wildman–Crippen LogP) is 3.23. The number of nitrogens with zero attached hydrogens (tertiary/aromatic N) is 1. The summed E-state index contributed by atoms with van der Waals surface area (Å²) in [5.74, 6) is 0.334. The van der Waals surface area contributed by atoms with Crippen LogP contribution in [0.25, 0.3) is 0 Å². The Labute approximate surface area is 171 Å². The summed E-state index contributed by atoms with van der Waals surface area (Å²) >= 11 is 6.09. The van der Waals surface area contributed by atoms with Crippen LogP contribution in [0.2, 0.25) is 5.02 Å². The molecule has 0 saturated carbocycles. The van der Waals surface area contributed by atoms with Crippen LogP contribution in [0, 0.1) is 20.8 Å². The second kappa shape index (κ2) is 9.30. The summed E-state index contributed by atoms with van der Waals surface area (Å²) < 4.78 is 31.1. The zero-order valence-corrected chi connectivity index (χ0v) is 18.0. The van der Waals surface area contributed by atoms with Crippen LogP contribution >= 0.6 is 11.6 Å². The molecule has 6 nitrogen and oxygen atoms in total. The molecule has 0 aliphatic carbocycles. The van der Waals surface area contributed by atoms with Crippen LogP contribution < -0.4 is 14.4 Å². The van der Waals surface area contributed by atoms with Gasteiger partial charge in [-0.2, -0.15) is 0 Å². The molecule has 0 bridgehead atoms. The molecule has 0 fully saturated rings. The van der Waals surface area contributed by atoms with Crippen molar-refractivity contribution < 1.29 is 17.9 Å². The van der Waals surface area contributed by atoms with E-state index in [0.29, 0.717) is 16.3 Å². The van der Waals surface area contributed by atoms with Gasteiger partial charge < -0.3 is 10.1 Å². The van der Waals surface area contributed by atoms with Crippen molar-refractivity contribution in [3.05, 3.63) is 58.1 Å². The summed E-state index contributed by atoms with van der Waals surface area (Å²) in [6.45, 7) is 5.89. The van der Waals surface area contributed by atoms with Crippen LogP contribution in [-0.4, -0.2) is 40.3 Å². The Hall–Kier alpha value is -2.25. The Bertz CT molecular complexity index is 961. The van der Waals surface area contributed by atoms with Crippen molar-refractivity contribution in [2.45, 2.75) is 20.8 Å². The first kappa shape index (κ1) is 22.0. The molecule has 0 aliphatic rings. The smallest absolute Gasteiger partial charge is 0.240 e. The van der Waals surface area contributed by atoms with Gasteiger partial charge in [-0.05, 0) is 50.1 Å². The molecule has 8 heteroatoms. The van der Waals surface area contributed by atoms with E-state index in [0.717, 1.165) is 27.4 Å². The number of carbonyl (C=O) groups is 1. The molecule has 1 N–H and O–H groups in total. The van der Waals surface area contributed by atoms with E-state index in [1.807, 2.05) is 32.0 Å². The SMILES string of the molecule is Cc1ccc(OCCNC(=O)CN(c2cccc(Cl)c2C)S(C)(=O)=O)c(C)c1. The maximum absolute atomic E-state index is 12.3. The van der Waals surface area contributed by atoms with Gasteiger partial charge in [0.2, 0.25) is 15.9 Å². The summed E-state index contributed by atoms with van der Waals surface area (Å²) in [7, 11) is -3.65. The van der Waals surface area contributed by atoms with Gasteiger partial charge in [0.1, 0.15) is 18.9 Å². The number of hydrogen-bond acceptors (Lipinski definition) is 4. The van der Waals surface area contributed by atoms with Gasteiger partial charge in [0, 0.05) is 5.02 Å². The first-order chi connectivity index (χ1) is 13.1. The zero-order valence-electron chi connectivity index (χ0n) is 16.5. The molecule has 0 aliphatic heterocycles. The standard InChI is InChI=1S/C20H25ClN2O4S/c1-14-8-9-19(15(2)12-14)27-11-10-22-20(24)13-23(28(4,25)26)18-7-5-6-17(21)16(18)3/h5-9,12H,10-11,13H2,1-4H3,(H,22,24). The van der Waals surface area contributed by atoms with Crippen LogP contribution in [0.1, 0.15) is 16.7 Å². The van der Waals surface area contributed by atoms with E-state index >= 15 is 0 Å². The van der Waals surface area contributed by atoms with Crippen LogP contribution in [0.15, 0.2) is 36.4 Å². The lowest BCUT2D eigenvalue weighted by atomic mass is 10.1. The minimum absolute atomic E-state index is 0.262. The van der Waals surface area contributed by atoms with Gasteiger partial charge >= 0.3 is 0 Å². The number of ether oxygens (including phenoxy) is 1. The van der Waals surface area contributed by atoms with E-state index in [9.17, 15) is 13.2 Å².